The van der Waals surface area contributed by atoms with Gasteiger partial charge in [0, 0.05) is 12.6 Å². The standard InChI is InChI=1S/C22H26N2O4/c1-26-18-10-6-16(7-11-18)13-24(17-8-9-17)14-22(25)23-12-19-15-27-20-4-2-3-5-21(20)28-19/h2-7,10-11,17,19H,8-9,12-15H2,1H3,(H,23,25). The van der Waals surface area contributed by atoms with Crippen molar-refractivity contribution in [1.29, 1.82) is 0 Å². The molecule has 28 heavy (non-hydrogen) atoms. The van der Waals surface area contributed by atoms with Crippen LogP contribution in [-0.2, 0) is 11.3 Å². The lowest BCUT2D eigenvalue weighted by Gasteiger charge is -2.27. The number of amides is 1. The summed E-state index contributed by atoms with van der Waals surface area (Å²) in [6.45, 7) is 2.03. The van der Waals surface area contributed by atoms with Crippen molar-refractivity contribution >= 4 is 5.91 Å². The molecule has 1 saturated carbocycles. The van der Waals surface area contributed by atoms with Gasteiger partial charge in [0.2, 0.25) is 5.91 Å². The third kappa shape index (κ3) is 4.75. The van der Waals surface area contributed by atoms with Crippen LogP contribution in [0.3, 0.4) is 0 Å². The van der Waals surface area contributed by atoms with Crippen molar-refractivity contribution in [3.63, 3.8) is 0 Å². The Morgan fingerprint density at radius 2 is 1.89 bits per heavy atom. The predicted octanol–water partition coefficient (Wildman–Crippen LogP) is 2.62. The SMILES string of the molecule is COc1ccc(CN(CC(=O)NCC2COc3ccccc3O2)C2CC2)cc1. The van der Waals surface area contributed by atoms with Crippen LogP contribution in [0.25, 0.3) is 0 Å². The zero-order chi connectivity index (χ0) is 19.3. The number of para-hydroxylation sites is 2. The second kappa shape index (κ2) is 8.52. The minimum atomic E-state index is -0.171. The molecule has 1 unspecified atom stereocenters. The van der Waals surface area contributed by atoms with E-state index in [0.717, 1.165) is 36.6 Å². The molecule has 0 spiro atoms. The van der Waals surface area contributed by atoms with Crippen molar-refractivity contribution < 1.29 is 19.0 Å². The monoisotopic (exact) mass is 382 g/mol. The highest BCUT2D eigenvalue weighted by Crippen LogP contribution is 2.31. The number of rotatable bonds is 8. The fraction of sp³-hybridized carbons (Fsp3) is 0.409. The number of hydrogen-bond acceptors (Lipinski definition) is 5. The van der Waals surface area contributed by atoms with E-state index in [1.165, 1.54) is 5.56 Å². The van der Waals surface area contributed by atoms with Crippen LogP contribution in [0, 0.1) is 0 Å². The summed E-state index contributed by atoms with van der Waals surface area (Å²) in [7, 11) is 1.66. The van der Waals surface area contributed by atoms with Gasteiger partial charge in [0.15, 0.2) is 11.5 Å². The Labute approximate surface area is 165 Å². The maximum Gasteiger partial charge on any atom is 0.234 e. The Hall–Kier alpha value is -2.73. The highest BCUT2D eigenvalue weighted by atomic mass is 16.6. The summed E-state index contributed by atoms with van der Waals surface area (Å²) >= 11 is 0. The summed E-state index contributed by atoms with van der Waals surface area (Å²) in [5.41, 5.74) is 1.18. The normalized spacial score (nSPS) is 18.0. The zero-order valence-electron chi connectivity index (χ0n) is 16.1. The van der Waals surface area contributed by atoms with Crippen LogP contribution in [0.2, 0.25) is 0 Å². The number of carbonyl (C=O) groups excluding carboxylic acids is 1. The number of benzene rings is 2. The topological polar surface area (TPSA) is 60.0 Å². The van der Waals surface area contributed by atoms with Crippen LogP contribution in [0.5, 0.6) is 17.2 Å². The van der Waals surface area contributed by atoms with Gasteiger partial charge in [-0.05, 0) is 42.7 Å². The van der Waals surface area contributed by atoms with E-state index >= 15 is 0 Å². The fourth-order valence-electron chi connectivity index (χ4n) is 3.35. The first-order chi connectivity index (χ1) is 13.7. The molecule has 1 atom stereocenters. The summed E-state index contributed by atoms with van der Waals surface area (Å²) in [4.78, 5) is 14.7. The van der Waals surface area contributed by atoms with Crippen LogP contribution in [0.15, 0.2) is 48.5 Å². The van der Waals surface area contributed by atoms with Crippen LogP contribution < -0.4 is 19.5 Å². The number of carbonyl (C=O) groups is 1. The maximum atomic E-state index is 12.5. The van der Waals surface area contributed by atoms with Crippen molar-refractivity contribution in [1.82, 2.24) is 10.2 Å². The molecule has 0 aromatic heterocycles. The first kappa shape index (κ1) is 18.6. The third-order valence-electron chi connectivity index (χ3n) is 5.05. The third-order valence-corrected chi connectivity index (χ3v) is 5.05. The molecule has 0 bridgehead atoms. The molecule has 0 radical (unpaired) electrons. The van der Waals surface area contributed by atoms with E-state index in [0.29, 0.717) is 25.7 Å². The Morgan fingerprint density at radius 1 is 1.14 bits per heavy atom. The number of methoxy groups -OCH3 is 1. The summed E-state index contributed by atoms with van der Waals surface area (Å²) in [6, 6.07) is 16.1. The molecule has 1 aliphatic carbocycles. The summed E-state index contributed by atoms with van der Waals surface area (Å²) < 4.78 is 16.8. The Balaban J connectivity index is 1.27. The quantitative estimate of drug-likeness (QED) is 0.761. The zero-order valence-corrected chi connectivity index (χ0v) is 16.1. The van der Waals surface area contributed by atoms with E-state index in [2.05, 4.69) is 22.3 Å². The van der Waals surface area contributed by atoms with Crippen molar-refractivity contribution in [3.05, 3.63) is 54.1 Å². The van der Waals surface area contributed by atoms with Gasteiger partial charge in [-0.3, -0.25) is 9.69 Å². The molecule has 1 N–H and O–H groups in total. The van der Waals surface area contributed by atoms with Gasteiger partial charge in [0.1, 0.15) is 18.5 Å². The number of nitrogens with one attached hydrogen (secondary N) is 1. The Bertz CT molecular complexity index is 804. The molecule has 2 aromatic carbocycles. The van der Waals surface area contributed by atoms with Gasteiger partial charge < -0.3 is 19.5 Å². The lowest BCUT2D eigenvalue weighted by Crippen LogP contribution is -2.44. The fourth-order valence-corrected chi connectivity index (χ4v) is 3.35. The first-order valence-corrected chi connectivity index (χ1v) is 9.73. The number of hydrogen-bond donors (Lipinski definition) is 1. The van der Waals surface area contributed by atoms with Crippen molar-refractivity contribution in [2.45, 2.75) is 31.5 Å². The van der Waals surface area contributed by atoms with Crippen LogP contribution in [-0.4, -0.2) is 49.8 Å². The smallest absolute Gasteiger partial charge is 0.234 e. The van der Waals surface area contributed by atoms with E-state index in [1.54, 1.807) is 7.11 Å². The molecule has 0 saturated heterocycles. The van der Waals surface area contributed by atoms with E-state index in [9.17, 15) is 4.79 Å². The largest absolute Gasteiger partial charge is 0.497 e. The second-order valence-electron chi connectivity index (χ2n) is 7.29. The molecule has 6 nitrogen and oxygen atoms in total. The van der Waals surface area contributed by atoms with E-state index in [4.69, 9.17) is 14.2 Å². The molecule has 1 amide bonds. The average molecular weight is 382 g/mol. The highest BCUT2D eigenvalue weighted by Gasteiger charge is 2.30. The Morgan fingerprint density at radius 3 is 2.61 bits per heavy atom. The highest BCUT2D eigenvalue weighted by molar-refractivity contribution is 5.78. The molecule has 1 heterocycles. The number of nitrogens with zero attached hydrogens (tertiary/aromatic N) is 1. The van der Waals surface area contributed by atoms with Crippen LogP contribution in [0.4, 0.5) is 0 Å². The minimum Gasteiger partial charge on any atom is -0.497 e. The maximum absolute atomic E-state index is 12.5. The molecular weight excluding hydrogens is 356 g/mol. The number of ether oxygens (including phenoxy) is 3. The van der Waals surface area contributed by atoms with Crippen molar-refractivity contribution in [2.75, 3.05) is 26.8 Å². The molecule has 6 heteroatoms. The van der Waals surface area contributed by atoms with Gasteiger partial charge in [-0.15, -0.1) is 0 Å². The van der Waals surface area contributed by atoms with Gasteiger partial charge in [0.25, 0.3) is 0 Å². The average Bonchev–Trinajstić information content (AvgIpc) is 3.57. The van der Waals surface area contributed by atoms with Crippen molar-refractivity contribution in [2.24, 2.45) is 0 Å². The van der Waals surface area contributed by atoms with Crippen LogP contribution in [0.1, 0.15) is 18.4 Å². The van der Waals surface area contributed by atoms with Gasteiger partial charge in [-0.1, -0.05) is 24.3 Å². The Kier molecular flexibility index (Phi) is 5.67. The predicted molar refractivity (Wildman–Crippen MR) is 106 cm³/mol. The first-order valence-electron chi connectivity index (χ1n) is 9.73. The minimum absolute atomic E-state index is 0.0165. The molecule has 1 aliphatic heterocycles. The van der Waals surface area contributed by atoms with Gasteiger partial charge in [0.05, 0.1) is 20.2 Å². The molecule has 4 rings (SSSR count). The van der Waals surface area contributed by atoms with Gasteiger partial charge in [-0.25, -0.2) is 0 Å². The summed E-state index contributed by atoms with van der Waals surface area (Å²) in [5, 5.41) is 2.99. The lowest BCUT2D eigenvalue weighted by atomic mass is 10.2. The van der Waals surface area contributed by atoms with Crippen LogP contribution >= 0.6 is 0 Å². The summed E-state index contributed by atoms with van der Waals surface area (Å²) in [5.74, 6) is 2.34. The molecular formula is C22H26N2O4. The lowest BCUT2D eigenvalue weighted by molar-refractivity contribution is -0.123. The van der Waals surface area contributed by atoms with Crippen molar-refractivity contribution in [3.8, 4) is 17.2 Å². The molecule has 148 valence electrons. The molecule has 2 aromatic rings. The molecule has 1 fully saturated rings. The van der Waals surface area contributed by atoms with E-state index in [-0.39, 0.29) is 12.0 Å². The second-order valence-corrected chi connectivity index (χ2v) is 7.29. The summed E-state index contributed by atoms with van der Waals surface area (Å²) in [6.07, 6.45) is 2.13. The van der Waals surface area contributed by atoms with Gasteiger partial charge >= 0.3 is 0 Å². The van der Waals surface area contributed by atoms with E-state index in [1.807, 2.05) is 36.4 Å². The van der Waals surface area contributed by atoms with Gasteiger partial charge in [-0.2, -0.15) is 0 Å². The number of fused-ring (bicyclic) bond motifs is 1. The van der Waals surface area contributed by atoms with E-state index < -0.39 is 0 Å². The molecule has 2 aliphatic rings.